The summed E-state index contributed by atoms with van der Waals surface area (Å²) in [6, 6.07) is 10.2. The highest BCUT2D eigenvalue weighted by atomic mass is 16.2. The van der Waals surface area contributed by atoms with Gasteiger partial charge in [0.1, 0.15) is 6.04 Å². The zero-order valence-corrected chi connectivity index (χ0v) is 19.0. The number of amides is 5. The molecular formula is C25H28N4O4. The molecule has 0 spiro atoms. The number of aryl methyl sites for hydroxylation is 1. The van der Waals surface area contributed by atoms with Gasteiger partial charge in [0.2, 0.25) is 11.8 Å². The van der Waals surface area contributed by atoms with Crippen LogP contribution in [0.4, 0.5) is 10.5 Å². The highest BCUT2D eigenvalue weighted by molar-refractivity contribution is 6.05. The molecule has 3 N–H and O–H groups in total. The monoisotopic (exact) mass is 448 g/mol. The number of piperidine rings is 1. The first-order chi connectivity index (χ1) is 15.7. The molecule has 2 aromatic carbocycles. The van der Waals surface area contributed by atoms with Crippen LogP contribution in [0.3, 0.4) is 0 Å². The number of anilines is 1. The Morgan fingerprint density at radius 2 is 1.85 bits per heavy atom. The largest absolute Gasteiger partial charge is 0.334 e. The van der Waals surface area contributed by atoms with Crippen LogP contribution in [0.15, 0.2) is 36.4 Å². The van der Waals surface area contributed by atoms with Crippen molar-refractivity contribution in [2.75, 3.05) is 5.32 Å². The molecule has 8 heteroatoms. The van der Waals surface area contributed by atoms with Gasteiger partial charge in [-0.25, -0.2) is 4.79 Å². The number of imide groups is 1. The molecule has 2 aliphatic heterocycles. The smallest absolute Gasteiger partial charge is 0.319 e. The van der Waals surface area contributed by atoms with E-state index in [0.717, 1.165) is 22.3 Å². The summed E-state index contributed by atoms with van der Waals surface area (Å²) in [6.45, 7) is 6.70. The summed E-state index contributed by atoms with van der Waals surface area (Å²) in [5.74, 6) is -0.807. The Morgan fingerprint density at radius 3 is 2.52 bits per heavy atom. The molecule has 0 bridgehead atoms. The van der Waals surface area contributed by atoms with Crippen molar-refractivity contribution in [2.24, 2.45) is 0 Å². The maximum atomic E-state index is 13.1. The lowest BCUT2D eigenvalue weighted by Crippen LogP contribution is -2.52. The van der Waals surface area contributed by atoms with E-state index in [4.69, 9.17) is 0 Å². The van der Waals surface area contributed by atoms with E-state index in [-0.39, 0.29) is 30.2 Å². The van der Waals surface area contributed by atoms with Crippen molar-refractivity contribution in [1.82, 2.24) is 15.5 Å². The van der Waals surface area contributed by atoms with Crippen molar-refractivity contribution < 1.29 is 19.2 Å². The fraction of sp³-hybridized carbons (Fsp3) is 0.360. The van der Waals surface area contributed by atoms with Gasteiger partial charge in [-0.1, -0.05) is 37.6 Å². The highest BCUT2D eigenvalue weighted by Gasteiger charge is 2.40. The quantitative estimate of drug-likeness (QED) is 0.611. The number of fused-ring (bicyclic) bond motifs is 1. The molecule has 1 unspecified atom stereocenters. The summed E-state index contributed by atoms with van der Waals surface area (Å²) in [4.78, 5) is 50.9. The Balaban J connectivity index is 1.51. The number of nitrogens with zero attached hydrogens (tertiary/aromatic N) is 1. The molecule has 1 fully saturated rings. The summed E-state index contributed by atoms with van der Waals surface area (Å²) < 4.78 is 0. The third-order valence-corrected chi connectivity index (χ3v) is 6.18. The van der Waals surface area contributed by atoms with Crippen LogP contribution in [0.1, 0.15) is 65.2 Å². The number of benzene rings is 2. The summed E-state index contributed by atoms with van der Waals surface area (Å²) in [7, 11) is 0. The van der Waals surface area contributed by atoms with Crippen molar-refractivity contribution in [3.63, 3.8) is 0 Å². The summed E-state index contributed by atoms with van der Waals surface area (Å²) >= 11 is 0. The van der Waals surface area contributed by atoms with Gasteiger partial charge in [0, 0.05) is 30.8 Å². The Hall–Kier alpha value is -3.68. The molecule has 1 atom stereocenters. The van der Waals surface area contributed by atoms with Crippen LogP contribution >= 0.6 is 0 Å². The van der Waals surface area contributed by atoms with Gasteiger partial charge >= 0.3 is 6.03 Å². The van der Waals surface area contributed by atoms with Gasteiger partial charge in [-0.05, 0) is 54.2 Å². The second-order valence-electron chi connectivity index (χ2n) is 8.89. The van der Waals surface area contributed by atoms with Gasteiger partial charge in [0.25, 0.3) is 5.91 Å². The summed E-state index contributed by atoms with van der Waals surface area (Å²) in [6.07, 6.45) is 0.549. The van der Waals surface area contributed by atoms with E-state index in [1.54, 1.807) is 11.0 Å². The molecule has 1 saturated heterocycles. The van der Waals surface area contributed by atoms with E-state index < -0.39 is 11.9 Å². The predicted molar refractivity (Wildman–Crippen MR) is 124 cm³/mol. The zero-order chi connectivity index (χ0) is 23.7. The molecule has 0 aromatic heterocycles. The molecule has 4 rings (SSSR count). The number of hydrogen-bond donors (Lipinski definition) is 3. The van der Waals surface area contributed by atoms with Gasteiger partial charge in [-0.15, -0.1) is 0 Å². The Morgan fingerprint density at radius 1 is 1.12 bits per heavy atom. The summed E-state index contributed by atoms with van der Waals surface area (Å²) in [5, 5.41) is 8.05. The molecule has 2 heterocycles. The van der Waals surface area contributed by atoms with Crippen LogP contribution in [0, 0.1) is 6.92 Å². The fourth-order valence-corrected chi connectivity index (χ4v) is 4.57. The van der Waals surface area contributed by atoms with Crippen molar-refractivity contribution in [3.8, 4) is 0 Å². The van der Waals surface area contributed by atoms with Crippen molar-refractivity contribution >= 4 is 29.4 Å². The van der Waals surface area contributed by atoms with E-state index in [1.165, 1.54) is 0 Å². The molecule has 8 nitrogen and oxygen atoms in total. The maximum Gasteiger partial charge on any atom is 0.319 e. The van der Waals surface area contributed by atoms with Crippen LogP contribution in [0.2, 0.25) is 0 Å². The van der Waals surface area contributed by atoms with Crippen molar-refractivity contribution in [1.29, 1.82) is 0 Å². The van der Waals surface area contributed by atoms with E-state index in [1.807, 2.05) is 51.1 Å². The van der Waals surface area contributed by atoms with E-state index in [9.17, 15) is 19.2 Å². The zero-order valence-electron chi connectivity index (χ0n) is 19.0. The van der Waals surface area contributed by atoms with Crippen molar-refractivity contribution in [2.45, 2.75) is 58.7 Å². The van der Waals surface area contributed by atoms with Gasteiger partial charge in [0.05, 0.1) is 0 Å². The first-order valence-electron chi connectivity index (χ1n) is 11.2. The van der Waals surface area contributed by atoms with Crippen molar-refractivity contribution in [3.05, 3.63) is 64.2 Å². The molecule has 172 valence electrons. The standard InChI is InChI=1S/C25H28N4O4/c1-14(2)22-16(12-26-25(33)27-17-7-4-15(3)5-8-17)6-9-18-19(22)13-29(24(18)32)20-10-11-21(30)28-23(20)31/h4-9,14,20H,10-13H2,1-3H3,(H2,26,27,33)(H,28,30,31). The number of urea groups is 1. The number of nitrogens with one attached hydrogen (secondary N) is 3. The first kappa shape index (κ1) is 22.5. The Bertz CT molecular complexity index is 1120. The van der Waals surface area contributed by atoms with Crippen LogP contribution in [0.25, 0.3) is 0 Å². The molecule has 0 aliphatic carbocycles. The Labute approximate surface area is 192 Å². The fourth-order valence-electron chi connectivity index (χ4n) is 4.57. The second kappa shape index (κ2) is 9.05. The third-order valence-electron chi connectivity index (χ3n) is 6.18. The SMILES string of the molecule is Cc1ccc(NC(=O)NCc2ccc3c(c2C(C)C)CN(C2CCC(=O)NC2=O)C3=O)cc1. The number of carbonyl (C=O) groups is 4. The summed E-state index contributed by atoms with van der Waals surface area (Å²) in [5.41, 5.74) is 5.23. The molecule has 0 saturated carbocycles. The minimum atomic E-state index is -0.649. The normalized spacial score (nSPS) is 17.8. The average molecular weight is 449 g/mol. The second-order valence-corrected chi connectivity index (χ2v) is 8.89. The molecule has 5 amide bonds. The topological polar surface area (TPSA) is 108 Å². The van der Waals surface area contributed by atoms with Crippen LogP contribution in [-0.2, 0) is 22.7 Å². The third kappa shape index (κ3) is 4.60. The van der Waals surface area contributed by atoms with Crippen LogP contribution in [-0.4, -0.2) is 34.7 Å². The molecular weight excluding hydrogens is 420 g/mol. The molecule has 0 radical (unpaired) electrons. The lowest BCUT2D eigenvalue weighted by Gasteiger charge is -2.29. The Kier molecular flexibility index (Phi) is 6.18. The minimum Gasteiger partial charge on any atom is -0.334 e. The van der Waals surface area contributed by atoms with Crippen LogP contribution < -0.4 is 16.0 Å². The van der Waals surface area contributed by atoms with Gasteiger partial charge in [-0.3, -0.25) is 19.7 Å². The molecule has 2 aliphatic rings. The van der Waals surface area contributed by atoms with E-state index >= 15 is 0 Å². The average Bonchev–Trinajstić information content (AvgIpc) is 3.09. The first-order valence-corrected chi connectivity index (χ1v) is 11.2. The number of hydrogen-bond acceptors (Lipinski definition) is 4. The van der Waals surface area contributed by atoms with Gasteiger partial charge in [0.15, 0.2) is 0 Å². The number of rotatable bonds is 5. The van der Waals surface area contributed by atoms with E-state index in [2.05, 4.69) is 16.0 Å². The highest BCUT2D eigenvalue weighted by Crippen LogP contribution is 2.35. The maximum absolute atomic E-state index is 13.1. The molecule has 33 heavy (non-hydrogen) atoms. The van der Waals surface area contributed by atoms with Gasteiger partial charge in [-0.2, -0.15) is 0 Å². The van der Waals surface area contributed by atoms with Crippen LogP contribution in [0.5, 0.6) is 0 Å². The van der Waals surface area contributed by atoms with Gasteiger partial charge < -0.3 is 15.5 Å². The predicted octanol–water partition coefficient (Wildman–Crippen LogP) is 3.20. The van der Waals surface area contributed by atoms with E-state index in [0.29, 0.717) is 30.8 Å². The number of carbonyl (C=O) groups excluding carboxylic acids is 4. The molecule has 2 aromatic rings. The lowest BCUT2D eigenvalue weighted by atomic mass is 9.89. The minimum absolute atomic E-state index is 0.117. The lowest BCUT2D eigenvalue weighted by molar-refractivity contribution is -0.136.